The topological polar surface area (TPSA) is 110 Å². The van der Waals surface area contributed by atoms with Crippen LogP contribution in [-0.2, 0) is 17.1 Å². The summed E-state index contributed by atoms with van der Waals surface area (Å²) in [5, 5.41) is 12.8. The van der Waals surface area contributed by atoms with Crippen molar-refractivity contribution < 1.29 is 21.9 Å². The van der Waals surface area contributed by atoms with E-state index in [1.807, 2.05) is 6.07 Å². The van der Waals surface area contributed by atoms with Crippen molar-refractivity contribution in [3.63, 3.8) is 0 Å². The number of nitrogens with one attached hydrogen (secondary N) is 1. The number of nitrogens with zero attached hydrogens (tertiary/aromatic N) is 4. The van der Waals surface area contributed by atoms with Gasteiger partial charge in [0, 0.05) is 18.8 Å². The highest BCUT2D eigenvalue weighted by molar-refractivity contribution is 7.93. The Morgan fingerprint density at radius 1 is 1.16 bits per heavy atom. The second kappa shape index (κ2) is 8.37. The van der Waals surface area contributed by atoms with Crippen LogP contribution in [-0.4, -0.2) is 23.2 Å². The summed E-state index contributed by atoms with van der Waals surface area (Å²) in [4.78, 5) is 3.38. The van der Waals surface area contributed by atoms with Crippen molar-refractivity contribution >= 4 is 26.5 Å². The zero-order chi connectivity index (χ0) is 22.9. The Hall–Kier alpha value is -3.82. The lowest BCUT2D eigenvalue weighted by atomic mass is 10.1. The predicted octanol–water partition coefficient (Wildman–Crippen LogP) is 4.29. The molecule has 0 aliphatic heterocycles. The van der Waals surface area contributed by atoms with E-state index in [0.717, 1.165) is 12.3 Å². The van der Waals surface area contributed by atoms with Gasteiger partial charge in [-0.2, -0.15) is 14.8 Å². The van der Waals surface area contributed by atoms with Crippen molar-refractivity contribution in [1.29, 1.82) is 5.26 Å². The van der Waals surface area contributed by atoms with Crippen molar-refractivity contribution in [2.45, 2.75) is 4.90 Å². The number of sulfonamides is 1. The molecule has 4 rings (SSSR count). The molecule has 0 radical (unpaired) electrons. The van der Waals surface area contributed by atoms with Crippen LogP contribution in [0.15, 0.2) is 59.8 Å². The number of aromatic nitrogens is 3. The van der Waals surface area contributed by atoms with Gasteiger partial charge in [0.25, 0.3) is 10.0 Å². The standard InChI is InChI=1S/C20H13F2N5O3S2/c1-27-16(6-7-25-27)15-9-13(21)2-4-18(15)30-17-5-3-14(8-12(17)10-23)32(28,29)26-20-24-11-19(22)31-20/h2-9,11H,1H3,(H,24,26). The van der Waals surface area contributed by atoms with Crippen LogP contribution in [0.3, 0.4) is 0 Å². The minimum atomic E-state index is -4.11. The van der Waals surface area contributed by atoms with E-state index in [4.69, 9.17) is 4.74 Å². The molecule has 32 heavy (non-hydrogen) atoms. The fourth-order valence-corrected chi connectivity index (χ4v) is 4.69. The van der Waals surface area contributed by atoms with Gasteiger partial charge in [0.15, 0.2) is 10.3 Å². The van der Waals surface area contributed by atoms with Crippen LogP contribution < -0.4 is 9.46 Å². The largest absolute Gasteiger partial charge is 0.455 e. The molecule has 0 aliphatic carbocycles. The van der Waals surface area contributed by atoms with E-state index >= 15 is 0 Å². The summed E-state index contributed by atoms with van der Waals surface area (Å²) in [5.74, 6) is -0.166. The molecule has 0 fully saturated rings. The summed E-state index contributed by atoms with van der Waals surface area (Å²) < 4.78 is 61.7. The number of halogens is 2. The number of hydrogen-bond acceptors (Lipinski definition) is 7. The predicted molar refractivity (Wildman–Crippen MR) is 113 cm³/mol. The SMILES string of the molecule is Cn1nccc1-c1cc(F)ccc1Oc1ccc(S(=O)(=O)Nc2ncc(F)s2)cc1C#N. The highest BCUT2D eigenvalue weighted by Crippen LogP contribution is 2.35. The van der Waals surface area contributed by atoms with Gasteiger partial charge in [-0.1, -0.05) is 11.3 Å². The molecule has 2 aromatic carbocycles. The Morgan fingerprint density at radius 2 is 1.94 bits per heavy atom. The zero-order valence-electron chi connectivity index (χ0n) is 16.3. The summed E-state index contributed by atoms with van der Waals surface area (Å²) in [6.07, 6.45) is 2.44. The van der Waals surface area contributed by atoms with Crippen molar-refractivity contribution in [3.8, 4) is 28.8 Å². The number of rotatable bonds is 6. The van der Waals surface area contributed by atoms with Gasteiger partial charge >= 0.3 is 0 Å². The molecule has 8 nitrogen and oxygen atoms in total. The highest BCUT2D eigenvalue weighted by atomic mass is 32.2. The summed E-state index contributed by atoms with van der Waals surface area (Å²) >= 11 is 0.531. The van der Waals surface area contributed by atoms with Gasteiger partial charge in [-0.3, -0.25) is 9.40 Å². The Balaban J connectivity index is 1.68. The molecule has 2 heterocycles. The first-order valence-electron chi connectivity index (χ1n) is 8.91. The van der Waals surface area contributed by atoms with Crippen molar-refractivity contribution in [3.05, 3.63) is 71.4 Å². The summed E-state index contributed by atoms with van der Waals surface area (Å²) in [6.45, 7) is 0. The molecule has 0 amide bonds. The summed E-state index contributed by atoms with van der Waals surface area (Å²) in [5.41, 5.74) is 0.911. The van der Waals surface area contributed by atoms with Crippen LogP contribution in [0.4, 0.5) is 13.9 Å². The molecule has 0 bridgehead atoms. The molecule has 0 atom stereocenters. The maximum Gasteiger partial charge on any atom is 0.263 e. The lowest BCUT2D eigenvalue weighted by molar-refractivity contribution is 0.479. The van der Waals surface area contributed by atoms with Crippen LogP contribution in [0.5, 0.6) is 11.5 Å². The first-order chi connectivity index (χ1) is 15.3. The minimum Gasteiger partial charge on any atom is -0.455 e. The normalized spacial score (nSPS) is 11.2. The van der Waals surface area contributed by atoms with Crippen LogP contribution >= 0.6 is 11.3 Å². The highest BCUT2D eigenvalue weighted by Gasteiger charge is 2.20. The molecule has 0 spiro atoms. The molecule has 4 aromatic rings. The Morgan fingerprint density at radius 3 is 2.59 bits per heavy atom. The first kappa shape index (κ1) is 21.4. The Labute approximate surface area is 185 Å². The molecule has 0 unspecified atom stereocenters. The van der Waals surface area contributed by atoms with Crippen LogP contribution in [0.25, 0.3) is 11.3 Å². The van der Waals surface area contributed by atoms with Gasteiger partial charge < -0.3 is 4.74 Å². The quantitative estimate of drug-likeness (QED) is 0.447. The number of aryl methyl sites for hydroxylation is 1. The van der Waals surface area contributed by atoms with Crippen LogP contribution in [0.2, 0.25) is 0 Å². The Bertz CT molecular complexity index is 1460. The molecule has 12 heteroatoms. The van der Waals surface area contributed by atoms with E-state index in [-0.39, 0.29) is 27.1 Å². The summed E-state index contributed by atoms with van der Waals surface area (Å²) in [6, 6.07) is 11.1. The third kappa shape index (κ3) is 4.29. The number of benzene rings is 2. The molecular formula is C20H13F2N5O3S2. The van der Waals surface area contributed by atoms with Gasteiger partial charge in [-0.15, -0.1) is 0 Å². The molecule has 0 aliphatic rings. The smallest absolute Gasteiger partial charge is 0.263 e. The van der Waals surface area contributed by atoms with E-state index in [0.29, 0.717) is 22.6 Å². The molecular weight excluding hydrogens is 460 g/mol. The number of anilines is 1. The van der Waals surface area contributed by atoms with Crippen LogP contribution in [0, 0.1) is 22.3 Å². The molecule has 1 N–H and O–H groups in total. The van der Waals surface area contributed by atoms with Crippen molar-refractivity contribution in [1.82, 2.24) is 14.8 Å². The third-order valence-electron chi connectivity index (χ3n) is 4.34. The maximum atomic E-state index is 13.9. The number of ether oxygens (including phenoxy) is 1. The van der Waals surface area contributed by atoms with Crippen molar-refractivity contribution in [2.24, 2.45) is 7.05 Å². The monoisotopic (exact) mass is 473 g/mol. The maximum absolute atomic E-state index is 13.9. The lowest BCUT2D eigenvalue weighted by Gasteiger charge is -2.13. The number of thiazole rings is 1. The summed E-state index contributed by atoms with van der Waals surface area (Å²) in [7, 11) is -2.43. The molecule has 2 aromatic heterocycles. The Kier molecular flexibility index (Phi) is 5.60. The fourth-order valence-electron chi connectivity index (χ4n) is 2.88. The van der Waals surface area contributed by atoms with E-state index in [1.54, 1.807) is 19.3 Å². The van der Waals surface area contributed by atoms with Gasteiger partial charge in [0.05, 0.1) is 22.3 Å². The van der Waals surface area contributed by atoms with Crippen molar-refractivity contribution in [2.75, 3.05) is 4.72 Å². The third-order valence-corrected chi connectivity index (χ3v) is 6.51. The number of hydrogen-bond donors (Lipinski definition) is 1. The molecule has 162 valence electrons. The lowest BCUT2D eigenvalue weighted by Crippen LogP contribution is -2.13. The number of nitriles is 1. The second-order valence-electron chi connectivity index (χ2n) is 6.43. The van der Waals surface area contributed by atoms with E-state index in [9.17, 15) is 22.5 Å². The van der Waals surface area contributed by atoms with E-state index in [2.05, 4.69) is 14.8 Å². The average Bonchev–Trinajstić information content (AvgIpc) is 3.36. The zero-order valence-corrected chi connectivity index (χ0v) is 17.9. The van der Waals surface area contributed by atoms with Gasteiger partial charge in [-0.05, 0) is 42.5 Å². The van der Waals surface area contributed by atoms with Gasteiger partial charge in [0.1, 0.15) is 23.4 Å². The van der Waals surface area contributed by atoms with Crippen LogP contribution in [0.1, 0.15) is 5.56 Å². The fraction of sp³-hybridized carbons (Fsp3) is 0.0500. The minimum absolute atomic E-state index is 0.0709. The van der Waals surface area contributed by atoms with E-state index in [1.165, 1.54) is 35.0 Å². The average molecular weight is 473 g/mol. The molecule has 0 saturated carbocycles. The van der Waals surface area contributed by atoms with Gasteiger partial charge in [-0.25, -0.2) is 17.8 Å². The second-order valence-corrected chi connectivity index (χ2v) is 9.09. The first-order valence-corrected chi connectivity index (χ1v) is 11.2. The van der Waals surface area contributed by atoms with Gasteiger partial charge in [0.2, 0.25) is 0 Å². The van der Waals surface area contributed by atoms with E-state index < -0.39 is 21.0 Å². The molecule has 0 saturated heterocycles.